The molecule has 0 aliphatic carbocycles. The average molecular weight is 228 g/mol. The Labute approximate surface area is 98.3 Å². The lowest BCUT2D eigenvalue weighted by Gasteiger charge is -2.31. The third kappa shape index (κ3) is 5.28. The van der Waals surface area contributed by atoms with Crippen molar-refractivity contribution in [2.45, 2.75) is 39.3 Å². The fraction of sp³-hybridized carbons (Fsp3) is 0.750. The molecule has 0 saturated carbocycles. The Bertz CT molecular complexity index is 217. The molecule has 2 N–H and O–H groups in total. The fourth-order valence-corrected chi connectivity index (χ4v) is 1.62. The van der Waals surface area contributed by atoms with Gasteiger partial charge in [-0.15, -0.1) is 6.58 Å². The number of aliphatic hydroxyl groups excluding tert-OH is 1. The zero-order valence-electron chi connectivity index (χ0n) is 10.6. The number of amides is 1. The van der Waals surface area contributed by atoms with Gasteiger partial charge >= 0.3 is 0 Å². The van der Waals surface area contributed by atoms with E-state index in [2.05, 4.69) is 30.6 Å². The van der Waals surface area contributed by atoms with Crippen molar-refractivity contribution < 1.29 is 9.90 Å². The van der Waals surface area contributed by atoms with E-state index in [4.69, 9.17) is 5.11 Å². The normalized spacial score (nSPS) is 12.9. The van der Waals surface area contributed by atoms with Crippen LogP contribution >= 0.6 is 0 Å². The molecule has 0 bridgehead atoms. The SMILES string of the molecule is C=CCNC(=O)C(C)N(CCCO)C(C)C. The smallest absolute Gasteiger partial charge is 0.237 e. The van der Waals surface area contributed by atoms with E-state index in [0.29, 0.717) is 13.0 Å². The second-order valence-electron chi connectivity index (χ2n) is 4.12. The summed E-state index contributed by atoms with van der Waals surface area (Å²) >= 11 is 0. The molecular formula is C12H24N2O2. The molecule has 0 aliphatic heterocycles. The molecule has 0 spiro atoms. The number of carbonyl (C=O) groups excluding carboxylic acids is 1. The Morgan fingerprint density at radius 2 is 2.12 bits per heavy atom. The molecule has 0 saturated heterocycles. The van der Waals surface area contributed by atoms with Crippen molar-refractivity contribution in [3.05, 3.63) is 12.7 Å². The standard InChI is InChI=1S/C12H24N2O2/c1-5-7-13-12(16)11(4)14(10(2)3)8-6-9-15/h5,10-11,15H,1,6-9H2,2-4H3,(H,13,16). The van der Waals surface area contributed by atoms with Gasteiger partial charge in [-0.1, -0.05) is 6.08 Å². The van der Waals surface area contributed by atoms with Crippen molar-refractivity contribution in [1.29, 1.82) is 0 Å². The van der Waals surface area contributed by atoms with Crippen molar-refractivity contribution in [2.75, 3.05) is 19.7 Å². The van der Waals surface area contributed by atoms with Gasteiger partial charge in [-0.2, -0.15) is 0 Å². The van der Waals surface area contributed by atoms with Gasteiger partial charge in [0.05, 0.1) is 6.04 Å². The quantitative estimate of drug-likeness (QED) is 0.603. The van der Waals surface area contributed by atoms with Gasteiger partial charge in [0.25, 0.3) is 0 Å². The Hall–Kier alpha value is -0.870. The topological polar surface area (TPSA) is 52.6 Å². The van der Waals surface area contributed by atoms with Crippen LogP contribution in [0.5, 0.6) is 0 Å². The van der Waals surface area contributed by atoms with Gasteiger partial charge in [0.2, 0.25) is 5.91 Å². The Morgan fingerprint density at radius 1 is 1.50 bits per heavy atom. The summed E-state index contributed by atoms with van der Waals surface area (Å²) in [7, 11) is 0. The Kier molecular flexibility index (Phi) is 7.85. The van der Waals surface area contributed by atoms with E-state index in [1.807, 2.05) is 6.92 Å². The highest BCUT2D eigenvalue weighted by molar-refractivity contribution is 5.81. The zero-order chi connectivity index (χ0) is 12.6. The van der Waals surface area contributed by atoms with Crippen molar-refractivity contribution in [1.82, 2.24) is 10.2 Å². The maximum absolute atomic E-state index is 11.7. The van der Waals surface area contributed by atoms with E-state index in [0.717, 1.165) is 6.54 Å². The first kappa shape index (κ1) is 15.1. The van der Waals surface area contributed by atoms with Crippen LogP contribution in [0.25, 0.3) is 0 Å². The number of carbonyl (C=O) groups is 1. The predicted octanol–water partition coefficient (Wildman–Crippen LogP) is 0.770. The number of hydrogen-bond donors (Lipinski definition) is 2. The van der Waals surface area contributed by atoms with Gasteiger partial charge in [0.1, 0.15) is 0 Å². The van der Waals surface area contributed by atoms with Crippen LogP contribution in [0.2, 0.25) is 0 Å². The van der Waals surface area contributed by atoms with Crippen LogP contribution in [-0.4, -0.2) is 47.7 Å². The van der Waals surface area contributed by atoms with Crippen LogP contribution in [0, 0.1) is 0 Å². The molecule has 0 heterocycles. The summed E-state index contributed by atoms with van der Waals surface area (Å²) in [5.74, 6) is 0.00606. The van der Waals surface area contributed by atoms with Crippen LogP contribution in [0.1, 0.15) is 27.2 Å². The lowest BCUT2D eigenvalue weighted by Crippen LogP contribution is -2.48. The van der Waals surface area contributed by atoms with Crippen LogP contribution in [-0.2, 0) is 4.79 Å². The summed E-state index contributed by atoms with van der Waals surface area (Å²) in [6, 6.07) is 0.113. The van der Waals surface area contributed by atoms with E-state index in [1.165, 1.54) is 0 Å². The molecule has 0 rings (SSSR count). The van der Waals surface area contributed by atoms with Crippen molar-refractivity contribution in [3.63, 3.8) is 0 Å². The highest BCUT2D eigenvalue weighted by Crippen LogP contribution is 2.06. The first-order valence-electron chi connectivity index (χ1n) is 5.79. The molecule has 1 atom stereocenters. The van der Waals surface area contributed by atoms with E-state index < -0.39 is 0 Å². The zero-order valence-corrected chi connectivity index (χ0v) is 10.6. The summed E-state index contributed by atoms with van der Waals surface area (Å²) in [6.45, 7) is 10.9. The number of hydrogen-bond acceptors (Lipinski definition) is 3. The monoisotopic (exact) mass is 228 g/mol. The maximum Gasteiger partial charge on any atom is 0.237 e. The lowest BCUT2D eigenvalue weighted by atomic mass is 10.2. The predicted molar refractivity (Wildman–Crippen MR) is 66.2 cm³/mol. The van der Waals surface area contributed by atoms with Crippen LogP contribution in [0.3, 0.4) is 0 Å². The molecule has 0 aromatic carbocycles. The highest BCUT2D eigenvalue weighted by Gasteiger charge is 2.22. The third-order valence-electron chi connectivity index (χ3n) is 2.54. The van der Waals surface area contributed by atoms with Crippen LogP contribution in [0.15, 0.2) is 12.7 Å². The van der Waals surface area contributed by atoms with Crippen molar-refractivity contribution in [3.8, 4) is 0 Å². The minimum atomic E-state index is -0.175. The molecule has 4 nitrogen and oxygen atoms in total. The number of aliphatic hydroxyl groups is 1. The van der Waals surface area contributed by atoms with Gasteiger partial charge in [-0.3, -0.25) is 9.69 Å². The lowest BCUT2D eigenvalue weighted by molar-refractivity contribution is -0.126. The van der Waals surface area contributed by atoms with E-state index in [-0.39, 0.29) is 24.6 Å². The van der Waals surface area contributed by atoms with Crippen LogP contribution < -0.4 is 5.32 Å². The highest BCUT2D eigenvalue weighted by atomic mass is 16.3. The second kappa shape index (κ2) is 8.30. The summed E-state index contributed by atoms with van der Waals surface area (Å²) in [6.07, 6.45) is 2.36. The molecule has 16 heavy (non-hydrogen) atoms. The summed E-state index contributed by atoms with van der Waals surface area (Å²) < 4.78 is 0. The molecule has 0 aliphatic rings. The van der Waals surface area contributed by atoms with Gasteiger partial charge in [-0.05, 0) is 27.2 Å². The van der Waals surface area contributed by atoms with Crippen molar-refractivity contribution in [2.24, 2.45) is 0 Å². The minimum absolute atomic E-state index is 0.00606. The maximum atomic E-state index is 11.7. The number of nitrogens with zero attached hydrogens (tertiary/aromatic N) is 1. The van der Waals surface area contributed by atoms with Gasteiger partial charge in [-0.25, -0.2) is 0 Å². The Morgan fingerprint density at radius 3 is 2.56 bits per heavy atom. The molecular weight excluding hydrogens is 204 g/mol. The summed E-state index contributed by atoms with van der Waals surface area (Å²) in [4.78, 5) is 13.8. The molecule has 0 radical (unpaired) electrons. The van der Waals surface area contributed by atoms with E-state index in [9.17, 15) is 4.79 Å². The second-order valence-corrected chi connectivity index (χ2v) is 4.12. The molecule has 0 fully saturated rings. The fourth-order valence-electron chi connectivity index (χ4n) is 1.62. The molecule has 1 amide bonds. The largest absolute Gasteiger partial charge is 0.396 e. The van der Waals surface area contributed by atoms with E-state index in [1.54, 1.807) is 6.08 Å². The average Bonchev–Trinajstić information content (AvgIpc) is 2.25. The first-order valence-corrected chi connectivity index (χ1v) is 5.79. The first-order chi connectivity index (χ1) is 7.54. The summed E-state index contributed by atoms with van der Waals surface area (Å²) in [5.41, 5.74) is 0. The minimum Gasteiger partial charge on any atom is -0.396 e. The van der Waals surface area contributed by atoms with Gasteiger partial charge < -0.3 is 10.4 Å². The third-order valence-corrected chi connectivity index (χ3v) is 2.54. The van der Waals surface area contributed by atoms with Crippen LogP contribution in [0.4, 0.5) is 0 Å². The molecule has 94 valence electrons. The number of nitrogens with one attached hydrogen (secondary N) is 1. The van der Waals surface area contributed by atoms with Crippen molar-refractivity contribution >= 4 is 5.91 Å². The molecule has 1 unspecified atom stereocenters. The molecule has 0 aromatic rings. The number of rotatable bonds is 8. The van der Waals surface area contributed by atoms with E-state index >= 15 is 0 Å². The molecule has 0 aromatic heterocycles. The Balaban J connectivity index is 4.29. The summed E-state index contributed by atoms with van der Waals surface area (Å²) in [5, 5.41) is 11.6. The van der Waals surface area contributed by atoms with Gasteiger partial charge in [0.15, 0.2) is 0 Å². The molecule has 4 heteroatoms. The van der Waals surface area contributed by atoms with Gasteiger partial charge in [0, 0.05) is 25.7 Å².